The molecule has 1 N–H and O–H groups in total. The lowest BCUT2D eigenvalue weighted by atomic mass is 10.0. The van der Waals surface area contributed by atoms with Crippen molar-refractivity contribution < 1.29 is 22.7 Å². The molecule has 1 fully saturated rings. The summed E-state index contributed by atoms with van der Waals surface area (Å²) in [6, 6.07) is 12.8. The zero-order chi connectivity index (χ0) is 23.4. The number of hydrogen-bond acceptors (Lipinski definition) is 7. The van der Waals surface area contributed by atoms with Gasteiger partial charge in [-0.15, -0.1) is 11.3 Å². The highest BCUT2D eigenvalue weighted by molar-refractivity contribution is 7.89. The van der Waals surface area contributed by atoms with Crippen molar-refractivity contribution in [2.45, 2.75) is 30.2 Å². The predicted molar refractivity (Wildman–Crippen MR) is 127 cm³/mol. The minimum Gasteiger partial charge on any atom is -0.497 e. The molecule has 0 spiro atoms. The van der Waals surface area contributed by atoms with Crippen molar-refractivity contribution in [1.29, 1.82) is 0 Å². The second-order valence-electron chi connectivity index (χ2n) is 7.53. The lowest BCUT2D eigenvalue weighted by Gasteiger charge is -2.33. The molecule has 0 bridgehead atoms. The van der Waals surface area contributed by atoms with Crippen molar-refractivity contribution in [3.05, 3.63) is 53.9 Å². The minimum absolute atomic E-state index is 0.186. The summed E-state index contributed by atoms with van der Waals surface area (Å²) in [5, 5.41) is 5.01. The SMILES string of the molecule is COc1ccc(OC)c(-c2csc(NC(=O)[C@@H]3CCCCN3S(=O)(=O)c3ccccc3)n2)c1. The molecule has 2 aromatic carbocycles. The van der Waals surface area contributed by atoms with E-state index in [0.29, 0.717) is 41.7 Å². The van der Waals surface area contributed by atoms with E-state index in [9.17, 15) is 13.2 Å². The molecule has 1 aromatic heterocycles. The molecule has 33 heavy (non-hydrogen) atoms. The van der Waals surface area contributed by atoms with E-state index in [2.05, 4.69) is 10.3 Å². The Labute approximate surface area is 197 Å². The van der Waals surface area contributed by atoms with Crippen molar-refractivity contribution >= 4 is 32.4 Å². The number of rotatable bonds is 7. The molecule has 1 aliphatic heterocycles. The van der Waals surface area contributed by atoms with Crippen LogP contribution in [0.3, 0.4) is 0 Å². The Hall–Kier alpha value is -2.95. The lowest BCUT2D eigenvalue weighted by molar-refractivity contribution is -0.120. The Morgan fingerprint density at radius 2 is 1.91 bits per heavy atom. The van der Waals surface area contributed by atoms with Crippen molar-refractivity contribution in [2.75, 3.05) is 26.1 Å². The summed E-state index contributed by atoms with van der Waals surface area (Å²) in [4.78, 5) is 17.8. The quantitative estimate of drug-likeness (QED) is 0.541. The Bertz CT molecular complexity index is 1230. The predicted octanol–water partition coefficient (Wildman–Crippen LogP) is 4.01. The molecular weight excluding hydrogens is 462 g/mol. The van der Waals surface area contributed by atoms with Gasteiger partial charge in [-0.1, -0.05) is 24.6 Å². The fraction of sp³-hybridized carbons (Fsp3) is 0.304. The number of nitrogens with zero attached hydrogens (tertiary/aromatic N) is 2. The van der Waals surface area contributed by atoms with E-state index < -0.39 is 16.1 Å². The van der Waals surface area contributed by atoms with Gasteiger partial charge < -0.3 is 14.8 Å². The van der Waals surface area contributed by atoms with E-state index in [0.717, 1.165) is 12.0 Å². The number of benzene rings is 2. The van der Waals surface area contributed by atoms with Gasteiger partial charge in [0.25, 0.3) is 0 Å². The van der Waals surface area contributed by atoms with E-state index >= 15 is 0 Å². The molecule has 10 heteroatoms. The number of thiazole rings is 1. The zero-order valence-electron chi connectivity index (χ0n) is 18.4. The molecule has 1 atom stereocenters. The van der Waals surface area contributed by atoms with Crippen LogP contribution < -0.4 is 14.8 Å². The molecule has 3 aromatic rings. The first kappa shape index (κ1) is 23.2. The van der Waals surface area contributed by atoms with Crippen LogP contribution in [-0.2, 0) is 14.8 Å². The molecule has 1 amide bonds. The van der Waals surface area contributed by atoms with Crippen LogP contribution in [0.5, 0.6) is 11.5 Å². The number of carbonyl (C=O) groups excluding carboxylic acids is 1. The third-order valence-electron chi connectivity index (χ3n) is 5.52. The maximum atomic E-state index is 13.2. The van der Waals surface area contributed by atoms with Crippen LogP contribution >= 0.6 is 11.3 Å². The van der Waals surface area contributed by atoms with Crippen LogP contribution in [0.2, 0.25) is 0 Å². The van der Waals surface area contributed by atoms with Crippen LogP contribution in [0.4, 0.5) is 5.13 Å². The molecule has 0 saturated carbocycles. The highest BCUT2D eigenvalue weighted by Crippen LogP contribution is 2.35. The second-order valence-corrected chi connectivity index (χ2v) is 10.3. The monoisotopic (exact) mass is 487 g/mol. The molecule has 0 unspecified atom stereocenters. The zero-order valence-corrected chi connectivity index (χ0v) is 20.0. The van der Waals surface area contributed by atoms with Crippen LogP contribution in [0, 0.1) is 0 Å². The fourth-order valence-electron chi connectivity index (χ4n) is 3.84. The van der Waals surface area contributed by atoms with Crippen LogP contribution in [0.15, 0.2) is 58.8 Å². The van der Waals surface area contributed by atoms with Crippen molar-refractivity contribution in [1.82, 2.24) is 9.29 Å². The Morgan fingerprint density at radius 1 is 1.12 bits per heavy atom. The number of hydrogen-bond donors (Lipinski definition) is 1. The highest BCUT2D eigenvalue weighted by Gasteiger charge is 2.37. The fourth-order valence-corrected chi connectivity index (χ4v) is 6.23. The van der Waals surface area contributed by atoms with Gasteiger partial charge in [-0.25, -0.2) is 13.4 Å². The summed E-state index contributed by atoms with van der Waals surface area (Å²) in [6.45, 7) is 0.305. The minimum atomic E-state index is -3.78. The van der Waals surface area contributed by atoms with Crippen LogP contribution in [0.25, 0.3) is 11.3 Å². The number of sulfonamides is 1. The molecule has 4 rings (SSSR count). The second kappa shape index (κ2) is 9.90. The van der Waals surface area contributed by atoms with Gasteiger partial charge in [-0.2, -0.15) is 4.31 Å². The number of ether oxygens (including phenoxy) is 2. The summed E-state index contributed by atoms with van der Waals surface area (Å²) < 4.78 is 38.4. The molecular formula is C23H25N3O5S2. The number of carbonyl (C=O) groups is 1. The average Bonchev–Trinajstić information content (AvgIpc) is 3.32. The average molecular weight is 488 g/mol. The number of aromatic nitrogens is 1. The van der Waals surface area contributed by atoms with Crippen LogP contribution in [-0.4, -0.2) is 50.4 Å². The summed E-state index contributed by atoms with van der Waals surface area (Å²) >= 11 is 1.27. The van der Waals surface area contributed by atoms with Gasteiger partial charge in [0.2, 0.25) is 15.9 Å². The maximum Gasteiger partial charge on any atom is 0.244 e. The highest BCUT2D eigenvalue weighted by atomic mass is 32.2. The first-order valence-corrected chi connectivity index (χ1v) is 12.8. The summed E-state index contributed by atoms with van der Waals surface area (Å²) in [5.41, 5.74) is 1.36. The molecule has 174 valence electrons. The van der Waals surface area contributed by atoms with Gasteiger partial charge >= 0.3 is 0 Å². The molecule has 1 saturated heterocycles. The third-order valence-corrected chi connectivity index (χ3v) is 8.20. The van der Waals surface area contributed by atoms with Gasteiger partial charge in [-0.3, -0.25) is 4.79 Å². The number of piperidine rings is 1. The van der Waals surface area contributed by atoms with E-state index in [4.69, 9.17) is 9.47 Å². The Morgan fingerprint density at radius 3 is 2.64 bits per heavy atom. The first-order valence-electron chi connectivity index (χ1n) is 10.5. The van der Waals surface area contributed by atoms with Crippen molar-refractivity contribution in [3.8, 4) is 22.8 Å². The van der Waals surface area contributed by atoms with Gasteiger partial charge in [0, 0.05) is 17.5 Å². The third kappa shape index (κ3) is 4.87. The summed E-state index contributed by atoms with van der Waals surface area (Å²) in [6.07, 6.45) is 1.95. The number of methoxy groups -OCH3 is 2. The lowest BCUT2D eigenvalue weighted by Crippen LogP contribution is -2.49. The first-order chi connectivity index (χ1) is 15.9. The number of anilines is 1. The van der Waals surface area contributed by atoms with Crippen molar-refractivity contribution in [2.24, 2.45) is 0 Å². The molecule has 1 aliphatic rings. The standard InChI is InChI=1S/C23H25N3O5S2/c1-30-16-11-12-21(31-2)18(14-16)19-15-32-23(24-19)25-22(27)20-10-6-7-13-26(20)33(28,29)17-8-4-3-5-9-17/h3-5,8-9,11-12,14-15,20H,6-7,10,13H2,1-2H3,(H,24,25,27)/t20-/m0/s1. The van der Waals surface area contributed by atoms with Gasteiger partial charge in [0.1, 0.15) is 17.5 Å². The molecule has 0 radical (unpaired) electrons. The largest absolute Gasteiger partial charge is 0.497 e. The summed E-state index contributed by atoms with van der Waals surface area (Å²) in [7, 11) is -0.622. The van der Waals surface area contributed by atoms with Gasteiger partial charge in [0.05, 0.1) is 24.8 Å². The van der Waals surface area contributed by atoms with E-state index in [1.165, 1.54) is 15.6 Å². The summed E-state index contributed by atoms with van der Waals surface area (Å²) in [5.74, 6) is 0.910. The number of nitrogens with one attached hydrogen (secondary N) is 1. The van der Waals surface area contributed by atoms with Gasteiger partial charge in [-0.05, 0) is 43.2 Å². The number of amides is 1. The normalized spacial score (nSPS) is 16.8. The van der Waals surface area contributed by atoms with Crippen molar-refractivity contribution in [3.63, 3.8) is 0 Å². The Kier molecular flexibility index (Phi) is 6.96. The topological polar surface area (TPSA) is 97.8 Å². The molecule has 8 nitrogen and oxygen atoms in total. The van der Waals surface area contributed by atoms with Crippen LogP contribution in [0.1, 0.15) is 19.3 Å². The molecule has 0 aliphatic carbocycles. The maximum absolute atomic E-state index is 13.2. The molecule has 2 heterocycles. The van der Waals surface area contributed by atoms with E-state index in [-0.39, 0.29) is 10.8 Å². The van der Waals surface area contributed by atoms with Gasteiger partial charge in [0.15, 0.2) is 5.13 Å². The van der Waals surface area contributed by atoms with E-state index in [1.54, 1.807) is 56.7 Å². The smallest absolute Gasteiger partial charge is 0.244 e. The van der Waals surface area contributed by atoms with E-state index in [1.807, 2.05) is 11.4 Å². The Balaban J connectivity index is 1.55.